The van der Waals surface area contributed by atoms with Crippen LogP contribution in [0.5, 0.6) is 0 Å². The van der Waals surface area contributed by atoms with Crippen molar-refractivity contribution >= 4 is 43.1 Å². The van der Waals surface area contributed by atoms with Crippen molar-refractivity contribution in [1.82, 2.24) is 19.5 Å². The minimum atomic E-state index is -3.52. The Morgan fingerprint density at radius 1 is 0.971 bits per heavy atom. The predicted molar refractivity (Wildman–Crippen MR) is 132 cm³/mol. The second kappa shape index (κ2) is 8.70. The maximum Gasteiger partial charge on any atom is 0.243 e. The molecule has 1 N–H and O–H groups in total. The van der Waals surface area contributed by atoms with Crippen molar-refractivity contribution in [1.29, 1.82) is 0 Å². The van der Waals surface area contributed by atoms with Gasteiger partial charge >= 0.3 is 0 Å². The SMILES string of the molecule is O=S(=O)(c1ccc(-c2ccc3nccc(Nc4nnc(C5CC5)s4)c3c2)cc1)N1CCOCC1. The van der Waals surface area contributed by atoms with Crippen LogP contribution in [0.15, 0.2) is 59.6 Å². The van der Waals surface area contributed by atoms with Crippen molar-refractivity contribution in [3.63, 3.8) is 0 Å². The highest BCUT2D eigenvalue weighted by Crippen LogP contribution is 2.42. The molecule has 174 valence electrons. The van der Waals surface area contributed by atoms with Crippen molar-refractivity contribution in [3.8, 4) is 11.1 Å². The number of sulfonamides is 1. The number of nitrogens with one attached hydrogen (secondary N) is 1. The standard InChI is InChI=1S/C24H23N5O3S2/c30-34(31,29-11-13-32-14-12-29)19-6-3-16(4-7-19)18-5-8-21-20(15-18)22(9-10-25-21)26-24-28-27-23(33-24)17-1-2-17/h3-10,15,17H,1-2,11-14H2,(H,25,26,28). The summed E-state index contributed by atoms with van der Waals surface area (Å²) < 4.78 is 32.6. The summed E-state index contributed by atoms with van der Waals surface area (Å²) in [7, 11) is -3.52. The van der Waals surface area contributed by atoms with Gasteiger partial charge in [-0.2, -0.15) is 4.31 Å². The van der Waals surface area contributed by atoms with Gasteiger partial charge in [-0.05, 0) is 54.3 Å². The van der Waals surface area contributed by atoms with E-state index in [9.17, 15) is 8.42 Å². The van der Waals surface area contributed by atoms with E-state index in [4.69, 9.17) is 4.74 Å². The molecule has 0 spiro atoms. The second-order valence-electron chi connectivity index (χ2n) is 8.48. The normalized spacial score (nSPS) is 17.2. The molecule has 2 aliphatic rings. The van der Waals surface area contributed by atoms with Gasteiger partial charge in [-0.25, -0.2) is 8.42 Å². The third-order valence-electron chi connectivity index (χ3n) is 6.15. The molecule has 34 heavy (non-hydrogen) atoms. The lowest BCUT2D eigenvalue weighted by Gasteiger charge is -2.26. The van der Waals surface area contributed by atoms with Gasteiger partial charge in [0.2, 0.25) is 15.2 Å². The number of aromatic nitrogens is 3. The number of hydrogen-bond acceptors (Lipinski definition) is 8. The first-order valence-corrected chi connectivity index (χ1v) is 13.5. The summed E-state index contributed by atoms with van der Waals surface area (Å²) in [4.78, 5) is 4.79. The van der Waals surface area contributed by atoms with Crippen LogP contribution in [0.1, 0.15) is 23.8 Å². The molecule has 6 rings (SSSR count). The van der Waals surface area contributed by atoms with Crippen LogP contribution in [0.25, 0.3) is 22.0 Å². The number of hydrogen-bond donors (Lipinski definition) is 1. The zero-order valence-corrected chi connectivity index (χ0v) is 20.0. The van der Waals surface area contributed by atoms with E-state index >= 15 is 0 Å². The van der Waals surface area contributed by atoms with Crippen LogP contribution in [-0.2, 0) is 14.8 Å². The number of nitrogens with zero attached hydrogens (tertiary/aromatic N) is 4. The molecule has 0 unspecified atom stereocenters. The molecule has 1 aliphatic heterocycles. The van der Waals surface area contributed by atoms with Crippen molar-refractivity contribution in [2.24, 2.45) is 0 Å². The van der Waals surface area contributed by atoms with E-state index in [0.29, 0.717) is 37.1 Å². The topological polar surface area (TPSA) is 97.3 Å². The Hall–Kier alpha value is -2.92. The van der Waals surface area contributed by atoms with Crippen LogP contribution in [0, 0.1) is 0 Å². The molecular weight excluding hydrogens is 470 g/mol. The van der Waals surface area contributed by atoms with Gasteiger partial charge in [0.05, 0.1) is 29.3 Å². The van der Waals surface area contributed by atoms with Gasteiger partial charge in [0, 0.05) is 30.6 Å². The molecule has 0 amide bonds. The predicted octanol–water partition coefficient (Wildman–Crippen LogP) is 4.40. The number of fused-ring (bicyclic) bond motifs is 1. The highest BCUT2D eigenvalue weighted by molar-refractivity contribution is 7.89. The molecule has 2 aromatic heterocycles. The fraction of sp³-hybridized carbons (Fsp3) is 0.292. The van der Waals surface area contributed by atoms with Gasteiger partial charge in [-0.15, -0.1) is 10.2 Å². The van der Waals surface area contributed by atoms with Gasteiger partial charge in [-0.3, -0.25) is 4.98 Å². The molecule has 1 saturated carbocycles. The molecule has 0 radical (unpaired) electrons. The van der Waals surface area contributed by atoms with Crippen molar-refractivity contribution in [2.45, 2.75) is 23.7 Å². The summed E-state index contributed by atoms with van der Waals surface area (Å²) in [5.41, 5.74) is 3.70. The lowest BCUT2D eigenvalue weighted by atomic mass is 10.0. The Kier molecular flexibility index (Phi) is 5.53. The third kappa shape index (κ3) is 4.18. The number of ether oxygens (including phenoxy) is 1. The van der Waals surface area contributed by atoms with E-state index in [2.05, 4.69) is 26.6 Å². The van der Waals surface area contributed by atoms with E-state index < -0.39 is 10.0 Å². The Labute approximate surface area is 201 Å². The highest BCUT2D eigenvalue weighted by atomic mass is 32.2. The van der Waals surface area contributed by atoms with E-state index in [1.165, 1.54) is 17.1 Å². The summed E-state index contributed by atoms with van der Waals surface area (Å²) in [6.07, 6.45) is 4.17. The van der Waals surface area contributed by atoms with Gasteiger partial charge in [0.1, 0.15) is 5.01 Å². The fourth-order valence-electron chi connectivity index (χ4n) is 4.09. The number of anilines is 2. The van der Waals surface area contributed by atoms with Gasteiger partial charge < -0.3 is 10.1 Å². The number of benzene rings is 2. The summed E-state index contributed by atoms with van der Waals surface area (Å²) in [6, 6.07) is 15.0. The van der Waals surface area contributed by atoms with Gasteiger partial charge in [0.15, 0.2) is 0 Å². The lowest BCUT2D eigenvalue weighted by molar-refractivity contribution is 0.0730. The van der Waals surface area contributed by atoms with E-state index in [0.717, 1.165) is 37.9 Å². The van der Waals surface area contributed by atoms with Crippen LogP contribution >= 0.6 is 11.3 Å². The first-order valence-electron chi connectivity index (χ1n) is 11.3. The maximum absolute atomic E-state index is 12.9. The van der Waals surface area contributed by atoms with Crippen LogP contribution < -0.4 is 5.32 Å². The third-order valence-corrected chi connectivity index (χ3v) is 9.06. The monoisotopic (exact) mass is 493 g/mol. The molecule has 0 bridgehead atoms. The Morgan fingerprint density at radius 2 is 1.74 bits per heavy atom. The fourth-order valence-corrected chi connectivity index (χ4v) is 6.42. The van der Waals surface area contributed by atoms with E-state index in [-0.39, 0.29) is 0 Å². The first-order chi connectivity index (χ1) is 16.6. The van der Waals surface area contributed by atoms with Crippen LogP contribution in [0.2, 0.25) is 0 Å². The van der Waals surface area contributed by atoms with E-state index in [1.807, 2.05) is 30.3 Å². The Bertz CT molecular complexity index is 1440. The average Bonchev–Trinajstić information content (AvgIpc) is 3.63. The Balaban J connectivity index is 1.29. The molecular formula is C24H23N5O3S2. The summed E-state index contributed by atoms with van der Waals surface area (Å²) in [5, 5.41) is 14.8. The second-order valence-corrected chi connectivity index (χ2v) is 11.4. The summed E-state index contributed by atoms with van der Waals surface area (Å²) >= 11 is 1.60. The smallest absolute Gasteiger partial charge is 0.243 e. The zero-order chi connectivity index (χ0) is 23.1. The van der Waals surface area contributed by atoms with Crippen molar-refractivity contribution < 1.29 is 13.2 Å². The van der Waals surface area contributed by atoms with Gasteiger partial charge in [-0.1, -0.05) is 29.5 Å². The molecule has 3 heterocycles. The van der Waals surface area contributed by atoms with Crippen LogP contribution in [0.4, 0.5) is 10.8 Å². The highest BCUT2D eigenvalue weighted by Gasteiger charge is 2.28. The minimum Gasteiger partial charge on any atom is -0.379 e. The molecule has 8 nitrogen and oxygen atoms in total. The minimum absolute atomic E-state index is 0.297. The summed E-state index contributed by atoms with van der Waals surface area (Å²) in [6.45, 7) is 1.62. The molecule has 1 aliphatic carbocycles. The maximum atomic E-state index is 12.9. The summed E-state index contributed by atoms with van der Waals surface area (Å²) in [5.74, 6) is 0.573. The molecule has 4 aromatic rings. The molecule has 10 heteroatoms. The lowest BCUT2D eigenvalue weighted by Crippen LogP contribution is -2.40. The Morgan fingerprint density at radius 3 is 2.50 bits per heavy atom. The molecule has 2 aromatic carbocycles. The van der Waals surface area contributed by atoms with Crippen molar-refractivity contribution in [3.05, 3.63) is 59.7 Å². The molecule has 2 fully saturated rings. The van der Waals surface area contributed by atoms with E-state index in [1.54, 1.807) is 29.7 Å². The number of morpholine rings is 1. The van der Waals surface area contributed by atoms with Crippen LogP contribution in [-0.4, -0.2) is 54.2 Å². The van der Waals surface area contributed by atoms with Crippen LogP contribution in [0.3, 0.4) is 0 Å². The molecule has 1 saturated heterocycles. The quantitative estimate of drug-likeness (QED) is 0.425. The molecule has 0 atom stereocenters. The van der Waals surface area contributed by atoms with Crippen molar-refractivity contribution in [2.75, 3.05) is 31.6 Å². The largest absolute Gasteiger partial charge is 0.379 e. The number of pyridine rings is 1. The average molecular weight is 494 g/mol. The first kappa shape index (κ1) is 21.6. The number of rotatable bonds is 6. The zero-order valence-electron chi connectivity index (χ0n) is 18.3. The van der Waals surface area contributed by atoms with Gasteiger partial charge in [0.25, 0.3) is 0 Å².